The van der Waals surface area contributed by atoms with Crippen LogP contribution in [-0.4, -0.2) is 27.5 Å². The Bertz CT molecular complexity index is 1870. The van der Waals surface area contributed by atoms with Crippen molar-refractivity contribution >= 4 is 43.7 Å². The van der Waals surface area contributed by atoms with Gasteiger partial charge in [-0.1, -0.05) is 74.4 Å². The van der Waals surface area contributed by atoms with E-state index in [4.69, 9.17) is 0 Å². The third-order valence-electron chi connectivity index (χ3n) is 8.37. The second-order valence-corrected chi connectivity index (χ2v) is 12.5. The van der Waals surface area contributed by atoms with Gasteiger partial charge < -0.3 is 4.48 Å². The van der Waals surface area contributed by atoms with Gasteiger partial charge >= 0.3 is 7.55 Å². The van der Waals surface area contributed by atoms with Gasteiger partial charge in [-0.2, -0.15) is 0 Å². The van der Waals surface area contributed by atoms with Crippen molar-refractivity contribution in [3.05, 3.63) is 147 Å². The molecule has 0 bridgehead atoms. The topological polar surface area (TPSA) is 7.94 Å². The minimum absolute atomic E-state index is 1.00. The lowest BCUT2D eigenvalue weighted by Crippen LogP contribution is -2.33. The smallest absolute Gasteiger partial charge is 0.318 e. The lowest BCUT2D eigenvalue weighted by Gasteiger charge is -2.22. The SMILES string of the molecule is C/C(=C\c1ccccc1C)C1=[N+]2[B]n3c(C4=Pc5ccccc5C4)ccc3C(c3c(C)cc(C)cc3C)=C2C=C1. The predicted octanol–water partition coefficient (Wildman–Crippen LogP) is 7.35. The number of hydrogen-bond acceptors (Lipinski definition) is 0. The maximum atomic E-state index is 2.44. The number of allylic oxidation sites excluding steroid dienone is 3. The molecule has 193 valence electrons. The van der Waals surface area contributed by atoms with Crippen LogP contribution in [0.3, 0.4) is 0 Å². The van der Waals surface area contributed by atoms with Gasteiger partial charge in [0.1, 0.15) is 0 Å². The molecule has 0 N–H and O–H groups in total. The molecule has 0 saturated carbocycles. The first-order valence-electron chi connectivity index (χ1n) is 14.0. The average Bonchev–Trinajstić information content (AvgIpc) is 3.65. The van der Waals surface area contributed by atoms with Crippen LogP contribution in [0.2, 0.25) is 0 Å². The highest BCUT2D eigenvalue weighted by atomic mass is 31.1. The summed E-state index contributed by atoms with van der Waals surface area (Å²) in [5.41, 5.74) is 16.9. The second kappa shape index (κ2) is 9.61. The zero-order chi connectivity index (χ0) is 27.5. The first kappa shape index (κ1) is 25.1. The molecule has 3 aliphatic rings. The van der Waals surface area contributed by atoms with Gasteiger partial charge in [0.15, 0.2) is 11.4 Å². The Hall–Kier alpha value is -3.94. The van der Waals surface area contributed by atoms with Gasteiger partial charge in [0, 0.05) is 46.1 Å². The fourth-order valence-electron chi connectivity index (χ4n) is 6.53. The largest absolute Gasteiger partial charge is 0.700 e. The van der Waals surface area contributed by atoms with Crippen LogP contribution >= 0.6 is 8.20 Å². The molecular weight excluding hydrogens is 502 g/mol. The third-order valence-corrected chi connectivity index (χ3v) is 9.71. The van der Waals surface area contributed by atoms with E-state index < -0.39 is 0 Å². The highest BCUT2D eigenvalue weighted by Gasteiger charge is 2.40. The van der Waals surface area contributed by atoms with Crippen molar-refractivity contribution in [2.75, 3.05) is 0 Å². The number of benzene rings is 3. The normalized spacial score (nSPS) is 16.1. The van der Waals surface area contributed by atoms with Crippen molar-refractivity contribution in [1.29, 1.82) is 0 Å². The first-order valence-corrected chi connectivity index (χ1v) is 14.9. The molecule has 0 aliphatic carbocycles. The summed E-state index contributed by atoms with van der Waals surface area (Å²) in [5, 5.41) is 2.89. The van der Waals surface area contributed by atoms with Crippen molar-refractivity contribution in [3.63, 3.8) is 0 Å². The second-order valence-electron chi connectivity index (χ2n) is 11.3. The fourth-order valence-corrected chi connectivity index (χ4v) is 7.82. The van der Waals surface area contributed by atoms with Gasteiger partial charge in [-0.05, 0) is 86.2 Å². The number of nitrogens with zero attached hydrogens (tertiary/aromatic N) is 2. The van der Waals surface area contributed by atoms with Gasteiger partial charge in [-0.15, -0.1) is 0 Å². The molecule has 0 amide bonds. The summed E-state index contributed by atoms with van der Waals surface area (Å²) in [6.07, 6.45) is 7.92. The minimum atomic E-state index is 1.00. The van der Waals surface area contributed by atoms with Crippen molar-refractivity contribution in [3.8, 4) is 0 Å². The van der Waals surface area contributed by atoms with Gasteiger partial charge in [0.2, 0.25) is 0 Å². The molecule has 4 heteroatoms. The summed E-state index contributed by atoms with van der Waals surface area (Å²) in [5.74, 6) is 0. The van der Waals surface area contributed by atoms with E-state index >= 15 is 0 Å². The first-order chi connectivity index (χ1) is 19.4. The molecule has 40 heavy (non-hydrogen) atoms. The summed E-state index contributed by atoms with van der Waals surface area (Å²) >= 11 is 0. The molecule has 0 fully saturated rings. The molecule has 4 aromatic rings. The molecule has 3 aromatic carbocycles. The van der Waals surface area contributed by atoms with Crippen LogP contribution in [0.25, 0.3) is 11.6 Å². The number of aryl methyl sites for hydroxylation is 4. The molecule has 4 heterocycles. The van der Waals surface area contributed by atoms with Gasteiger partial charge in [0.05, 0.1) is 5.57 Å². The average molecular weight is 534 g/mol. The summed E-state index contributed by atoms with van der Waals surface area (Å²) in [6, 6.07) is 26.8. The van der Waals surface area contributed by atoms with E-state index in [2.05, 4.69) is 142 Å². The highest BCUT2D eigenvalue weighted by molar-refractivity contribution is 7.50. The molecule has 7 rings (SSSR count). The lowest BCUT2D eigenvalue weighted by atomic mass is 9.87. The Labute approximate surface area is 239 Å². The van der Waals surface area contributed by atoms with E-state index in [0.29, 0.717) is 0 Å². The Balaban J connectivity index is 1.44. The van der Waals surface area contributed by atoms with Crippen molar-refractivity contribution in [2.24, 2.45) is 0 Å². The third kappa shape index (κ3) is 4.04. The van der Waals surface area contributed by atoms with Crippen LogP contribution in [0, 0.1) is 27.7 Å². The molecule has 3 aliphatic heterocycles. The molecule has 0 unspecified atom stereocenters. The summed E-state index contributed by atoms with van der Waals surface area (Å²) in [4.78, 5) is 0. The van der Waals surface area contributed by atoms with Gasteiger partial charge in [-0.3, -0.25) is 4.49 Å². The number of fused-ring (bicyclic) bond motifs is 3. The Morgan fingerprint density at radius 2 is 1.57 bits per heavy atom. The molecule has 1 aromatic heterocycles. The monoisotopic (exact) mass is 534 g/mol. The van der Waals surface area contributed by atoms with E-state index in [1.54, 1.807) is 0 Å². The minimum Gasteiger partial charge on any atom is -0.318 e. The molecule has 0 spiro atoms. The van der Waals surface area contributed by atoms with Crippen LogP contribution in [0.5, 0.6) is 0 Å². The number of rotatable bonds is 4. The molecule has 0 atom stereocenters. The quantitative estimate of drug-likeness (QED) is 0.191. The van der Waals surface area contributed by atoms with E-state index in [0.717, 1.165) is 6.42 Å². The van der Waals surface area contributed by atoms with E-state index in [9.17, 15) is 0 Å². The Morgan fingerprint density at radius 1 is 0.850 bits per heavy atom. The summed E-state index contributed by atoms with van der Waals surface area (Å²) < 4.78 is 4.86. The predicted molar refractivity (Wildman–Crippen MR) is 172 cm³/mol. The van der Waals surface area contributed by atoms with Crippen LogP contribution in [0.15, 0.2) is 96.2 Å². The van der Waals surface area contributed by atoms with E-state index in [1.165, 1.54) is 91.7 Å². The standard InChI is InChI=1S/C36H32BN2P/c1-22-18-25(4)35(26(5)19-22)36-31-16-14-29(24(3)20-27-11-7-6-10-23(27)2)38(31)37-39-30(15-17-32(36)39)34-21-28-12-8-9-13-33(28)40-34/h6-20H,21H2,1-5H3/q+1/b24-20+. The van der Waals surface area contributed by atoms with Crippen LogP contribution < -0.4 is 5.30 Å². The van der Waals surface area contributed by atoms with Crippen LogP contribution in [0.4, 0.5) is 0 Å². The lowest BCUT2D eigenvalue weighted by molar-refractivity contribution is -0.312. The number of aromatic nitrogens is 1. The zero-order valence-electron chi connectivity index (χ0n) is 23.8. The molecule has 2 nitrogen and oxygen atoms in total. The van der Waals surface area contributed by atoms with Crippen LogP contribution in [0.1, 0.15) is 57.3 Å². The van der Waals surface area contributed by atoms with E-state index in [1.807, 2.05) is 0 Å². The van der Waals surface area contributed by atoms with Gasteiger partial charge in [0.25, 0.3) is 0 Å². The summed E-state index contributed by atoms with van der Waals surface area (Å²) in [7, 11) is 3.63. The maximum absolute atomic E-state index is 2.44. The Morgan fingerprint density at radius 3 is 2.35 bits per heavy atom. The fraction of sp³-hybridized carbons (Fsp3) is 0.167. The van der Waals surface area contributed by atoms with Gasteiger partial charge in [-0.25, -0.2) is 0 Å². The zero-order valence-corrected chi connectivity index (χ0v) is 24.7. The maximum Gasteiger partial charge on any atom is 0.700 e. The number of hydrogen-bond donors (Lipinski definition) is 0. The van der Waals surface area contributed by atoms with Crippen LogP contribution in [-0.2, 0) is 6.42 Å². The molecule has 0 saturated heterocycles. The summed E-state index contributed by atoms with van der Waals surface area (Å²) in [6.45, 7) is 11.1. The van der Waals surface area contributed by atoms with Crippen molar-refractivity contribution in [1.82, 2.24) is 4.48 Å². The van der Waals surface area contributed by atoms with E-state index in [-0.39, 0.29) is 0 Å². The van der Waals surface area contributed by atoms with Crippen molar-refractivity contribution < 1.29 is 4.49 Å². The highest BCUT2D eigenvalue weighted by Crippen LogP contribution is 2.39. The Kier molecular flexibility index (Phi) is 6.02. The van der Waals surface area contributed by atoms with Crippen molar-refractivity contribution in [2.45, 2.75) is 41.0 Å². The molecule has 1 radical (unpaired) electrons. The molecular formula is C36H32BN2P+.